The smallest absolute Gasteiger partial charge is 0.324 e. The first-order chi connectivity index (χ1) is 11.5. The van der Waals surface area contributed by atoms with E-state index in [1.165, 1.54) is 0 Å². The minimum atomic E-state index is -0.514. The maximum absolute atomic E-state index is 11.5. The van der Waals surface area contributed by atoms with Gasteiger partial charge in [0.1, 0.15) is 5.69 Å². The van der Waals surface area contributed by atoms with Crippen LogP contribution in [0.2, 0.25) is 5.02 Å². The van der Waals surface area contributed by atoms with Crippen molar-refractivity contribution in [1.29, 1.82) is 0 Å². The van der Waals surface area contributed by atoms with Gasteiger partial charge in [0.2, 0.25) is 5.52 Å². The Bertz CT molecular complexity index is 925. The SMILES string of the molecule is CCNc1cc(Nc2ccc(C)c(Cl)c2)c([N+](=O)[O-])c2nonc12. The van der Waals surface area contributed by atoms with Crippen molar-refractivity contribution in [2.75, 3.05) is 17.2 Å². The first kappa shape index (κ1) is 16.0. The van der Waals surface area contributed by atoms with E-state index in [9.17, 15) is 10.1 Å². The molecule has 2 aromatic carbocycles. The van der Waals surface area contributed by atoms with Crippen molar-refractivity contribution in [3.8, 4) is 0 Å². The molecular formula is C15H14ClN5O3. The first-order valence-corrected chi connectivity index (χ1v) is 7.59. The minimum absolute atomic E-state index is 0.0826. The molecule has 0 saturated carbocycles. The Kier molecular flexibility index (Phi) is 4.22. The predicted molar refractivity (Wildman–Crippen MR) is 92.1 cm³/mol. The Morgan fingerprint density at radius 2 is 2.00 bits per heavy atom. The lowest BCUT2D eigenvalue weighted by molar-refractivity contribution is -0.382. The van der Waals surface area contributed by atoms with Crippen molar-refractivity contribution < 1.29 is 9.55 Å². The summed E-state index contributed by atoms with van der Waals surface area (Å²) in [6.45, 7) is 4.41. The molecule has 1 aromatic heterocycles. The molecule has 0 unspecified atom stereocenters. The summed E-state index contributed by atoms with van der Waals surface area (Å²) >= 11 is 6.12. The van der Waals surface area contributed by atoms with Gasteiger partial charge in [-0.2, -0.15) is 0 Å². The van der Waals surface area contributed by atoms with Gasteiger partial charge in [0, 0.05) is 17.3 Å². The Morgan fingerprint density at radius 3 is 2.67 bits per heavy atom. The number of aryl methyl sites for hydroxylation is 1. The van der Waals surface area contributed by atoms with Crippen LogP contribution in [0.3, 0.4) is 0 Å². The zero-order valence-electron chi connectivity index (χ0n) is 13.0. The zero-order chi connectivity index (χ0) is 17.3. The van der Waals surface area contributed by atoms with Crippen molar-refractivity contribution in [2.24, 2.45) is 0 Å². The second-order valence-corrected chi connectivity index (χ2v) is 5.57. The quantitative estimate of drug-likeness (QED) is 0.524. The molecule has 0 aliphatic carbocycles. The zero-order valence-corrected chi connectivity index (χ0v) is 13.7. The van der Waals surface area contributed by atoms with Crippen LogP contribution in [-0.4, -0.2) is 21.8 Å². The van der Waals surface area contributed by atoms with E-state index in [0.29, 0.717) is 28.5 Å². The summed E-state index contributed by atoms with van der Waals surface area (Å²) in [6, 6.07) is 6.95. The van der Waals surface area contributed by atoms with Gasteiger partial charge in [0.05, 0.1) is 10.6 Å². The Hall–Kier alpha value is -2.87. The van der Waals surface area contributed by atoms with Crippen molar-refractivity contribution in [2.45, 2.75) is 13.8 Å². The molecule has 3 rings (SSSR count). The maximum atomic E-state index is 11.5. The first-order valence-electron chi connectivity index (χ1n) is 7.22. The van der Waals surface area contributed by atoms with Crippen molar-refractivity contribution in [1.82, 2.24) is 10.3 Å². The fraction of sp³-hybridized carbons (Fsp3) is 0.200. The molecule has 0 bridgehead atoms. The van der Waals surface area contributed by atoms with Gasteiger partial charge in [-0.05, 0) is 47.9 Å². The fourth-order valence-corrected chi connectivity index (χ4v) is 2.54. The summed E-state index contributed by atoms with van der Waals surface area (Å²) in [6.07, 6.45) is 0. The summed E-state index contributed by atoms with van der Waals surface area (Å²) < 4.78 is 4.69. The van der Waals surface area contributed by atoms with Crippen LogP contribution in [0.5, 0.6) is 0 Å². The highest BCUT2D eigenvalue weighted by Crippen LogP contribution is 2.38. The topological polar surface area (TPSA) is 106 Å². The van der Waals surface area contributed by atoms with Crippen molar-refractivity contribution >= 4 is 45.4 Å². The van der Waals surface area contributed by atoms with E-state index < -0.39 is 4.92 Å². The largest absolute Gasteiger partial charge is 0.383 e. The molecule has 9 heteroatoms. The number of hydrogen-bond acceptors (Lipinski definition) is 7. The average Bonchev–Trinajstić information content (AvgIpc) is 3.00. The molecular weight excluding hydrogens is 334 g/mol. The van der Waals surface area contributed by atoms with Gasteiger partial charge >= 0.3 is 5.69 Å². The molecule has 24 heavy (non-hydrogen) atoms. The van der Waals surface area contributed by atoms with E-state index >= 15 is 0 Å². The summed E-state index contributed by atoms with van der Waals surface area (Å²) in [5.74, 6) is 0. The van der Waals surface area contributed by atoms with Crippen LogP contribution in [0.4, 0.5) is 22.7 Å². The third kappa shape index (κ3) is 2.83. The molecule has 8 nitrogen and oxygen atoms in total. The number of anilines is 3. The van der Waals surface area contributed by atoms with Gasteiger partial charge in [-0.1, -0.05) is 17.7 Å². The van der Waals surface area contributed by atoms with Crippen LogP contribution >= 0.6 is 11.6 Å². The van der Waals surface area contributed by atoms with E-state index in [0.717, 1.165) is 5.56 Å². The molecule has 0 aliphatic rings. The van der Waals surface area contributed by atoms with Gasteiger partial charge in [-0.3, -0.25) is 10.1 Å². The Balaban J connectivity index is 2.15. The second kappa shape index (κ2) is 6.32. The molecule has 2 N–H and O–H groups in total. The summed E-state index contributed by atoms with van der Waals surface area (Å²) in [5, 5.41) is 25.7. The number of aromatic nitrogens is 2. The molecule has 0 spiro atoms. The third-order valence-electron chi connectivity index (χ3n) is 3.51. The summed E-state index contributed by atoms with van der Waals surface area (Å²) in [5.41, 5.74) is 2.62. The molecule has 0 saturated heterocycles. The van der Waals surface area contributed by atoms with Gasteiger partial charge in [0.25, 0.3) is 0 Å². The van der Waals surface area contributed by atoms with Crippen LogP contribution < -0.4 is 10.6 Å². The number of nitrogens with one attached hydrogen (secondary N) is 2. The molecule has 0 amide bonds. The van der Waals surface area contributed by atoms with E-state index in [1.807, 2.05) is 19.9 Å². The second-order valence-electron chi connectivity index (χ2n) is 5.16. The lowest BCUT2D eigenvalue weighted by Crippen LogP contribution is -2.03. The van der Waals surface area contributed by atoms with Crippen molar-refractivity contribution in [3.63, 3.8) is 0 Å². The highest BCUT2D eigenvalue weighted by Gasteiger charge is 2.25. The van der Waals surface area contributed by atoms with E-state index in [-0.39, 0.29) is 16.9 Å². The van der Waals surface area contributed by atoms with Crippen LogP contribution in [0.15, 0.2) is 28.9 Å². The number of nitrogens with zero attached hydrogens (tertiary/aromatic N) is 3. The van der Waals surface area contributed by atoms with Crippen LogP contribution in [0.25, 0.3) is 11.0 Å². The average molecular weight is 348 g/mol. The number of rotatable bonds is 5. The molecule has 124 valence electrons. The standard InChI is InChI=1S/C15H14ClN5O3/c1-3-17-11-7-12(18-9-5-4-8(2)10(16)6-9)15(21(22)23)14-13(11)19-24-20-14/h4-7,17-18H,3H2,1-2H3. The lowest BCUT2D eigenvalue weighted by Gasteiger charge is -2.11. The molecule has 0 radical (unpaired) electrons. The van der Waals surface area contributed by atoms with Crippen LogP contribution in [0, 0.1) is 17.0 Å². The van der Waals surface area contributed by atoms with Gasteiger partial charge in [-0.25, -0.2) is 4.63 Å². The highest BCUT2D eigenvalue weighted by molar-refractivity contribution is 6.31. The molecule has 0 atom stereocenters. The number of hydrogen-bond donors (Lipinski definition) is 2. The number of benzene rings is 2. The molecule has 3 aromatic rings. The van der Waals surface area contributed by atoms with Gasteiger partial charge < -0.3 is 10.6 Å². The summed E-state index contributed by atoms with van der Waals surface area (Å²) in [4.78, 5) is 11.0. The van der Waals surface area contributed by atoms with Gasteiger partial charge in [0.15, 0.2) is 5.52 Å². The number of nitro groups is 1. The van der Waals surface area contributed by atoms with Gasteiger partial charge in [-0.15, -0.1) is 0 Å². The minimum Gasteiger partial charge on any atom is -0.383 e. The Morgan fingerprint density at radius 1 is 1.25 bits per heavy atom. The number of nitro benzene ring substituents is 1. The maximum Gasteiger partial charge on any atom is 0.324 e. The monoisotopic (exact) mass is 347 g/mol. The van der Waals surface area contributed by atoms with Crippen LogP contribution in [0.1, 0.15) is 12.5 Å². The van der Waals surface area contributed by atoms with E-state index in [4.69, 9.17) is 11.6 Å². The normalized spacial score (nSPS) is 10.8. The number of halogens is 1. The van der Waals surface area contributed by atoms with E-state index in [1.54, 1.807) is 18.2 Å². The van der Waals surface area contributed by atoms with Crippen LogP contribution in [-0.2, 0) is 0 Å². The lowest BCUT2D eigenvalue weighted by atomic mass is 10.1. The molecule has 0 fully saturated rings. The summed E-state index contributed by atoms with van der Waals surface area (Å²) in [7, 11) is 0. The highest BCUT2D eigenvalue weighted by atomic mass is 35.5. The number of fused-ring (bicyclic) bond motifs is 1. The fourth-order valence-electron chi connectivity index (χ4n) is 2.36. The Labute approximate surface area is 141 Å². The predicted octanol–water partition coefficient (Wildman–Crippen LogP) is 4.27. The van der Waals surface area contributed by atoms with E-state index in [2.05, 4.69) is 25.6 Å². The third-order valence-corrected chi connectivity index (χ3v) is 3.92. The molecule has 0 aliphatic heterocycles. The molecule has 1 heterocycles. The van der Waals surface area contributed by atoms with Crippen molar-refractivity contribution in [3.05, 3.63) is 45.0 Å².